The summed E-state index contributed by atoms with van der Waals surface area (Å²) in [6, 6.07) is 20.8. The van der Waals surface area contributed by atoms with E-state index in [2.05, 4.69) is 5.32 Å². The van der Waals surface area contributed by atoms with E-state index in [4.69, 9.17) is 0 Å². The van der Waals surface area contributed by atoms with E-state index in [1.54, 1.807) is 24.3 Å². The van der Waals surface area contributed by atoms with Gasteiger partial charge in [0.25, 0.3) is 5.91 Å². The van der Waals surface area contributed by atoms with Crippen molar-refractivity contribution < 1.29 is 13.2 Å². The molecule has 1 unspecified atom stereocenters. The minimum atomic E-state index is -3.48. The minimum absolute atomic E-state index is 0.118. The number of hydrogen-bond acceptors (Lipinski definition) is 3. The predicted octanol–water partition coefficient (Wildman–Crippen LogP) is 5.07. The maximum absolute atomic E-state index is 12.7. The molecule has 0 spiro atoms. The molecule has 6 heteroatoms. The molecule has 0 saturated carbocycles. The van der Waals surface area contributed by atoms with Gasteiger partial charge in [0.05, 0.1) is 24.5 Å². The third-order valence-corrected chi connectivity index (χ3v) is 6.63. The molecule has 0 fully saturated rings. The van der Waals surface area contributed by atoms with E-state index in [0.717, 1.165) is 22.3 Å². The molecule has 0 aromatic heterocycles. The smallest absolute Gasteiger partial charge is 0.251 e. The summed E-state index contributed by atoms with van der Waals surface area (Å²) < 4.78 is 26.4. The average Bonchev–Trinajstić information content (AvgIpc) is 2.74. The molecule has 0 bridgehead atoms. The molecule has 1 N–H and O–H groups in total. The van der Waals surface area contributed by atoms with Crippen LogP contribution in [0.3, 0.4) is 0 Å². The zero-order valence-corrected chi connectivity index (χ0v) is 20.0. The van der Waals surface area contributed by atoms with E-state index in [1.807, 2.05) is 70.2 Å². The van der Waals surface area contributed by atoms with E-state index >= 15 is 0 Å². The summed E-state index contributed by atoms with van der Waals surface area (Å²) in [5, 5.41) is 3.01. The van der Waals surface area contributed by atoms with Gasteiger partial charge in [-0.25, -0.2) is 8.42 Å². The topological polar surface area (TPSA) is 66.5 Å². The molecule has 3 rings (SSSR count). The Morgan fingerprint density at radius 2 is 1.50 bits per heavy atom. The van der Waals surface area contributed by atoms with Crippen molar-refractivity contribution in [3.05, 3.63) is 100 Å². The van der Waals surface area contributed by atoms with Gasteiger partial charge in [0, 0.05) is 5.56 Å². The maximum Gasteiger partial charge on any atom is 0.251 e. The Balaban J connectivity index is 1.75. The number of benzene rings is 3. The highest BCUT2D eigenvalue weighted by Crippen LogP contribution is 2.26. The third kappa shape index (κ3) is 5.77. The molecule has 1 amide bonds. The number of nitrogens with one attached hydrogen (secondary N) is 1. The number of aryl methyl sites for hydroxylation is 3. The lowest BCUT2D eigenvalue weighted by atomic mass is 10.1. The molecular formula is C26H30N2O3S. The van der Waals surface area contributed by atoms with Gasteiger partial charge < -0.3 is 5.32 Å². The first-order valence-corrected chi connectivity index (χ1v) is 12.4. The van der Waals surface area contributed by atoms with Gasteiger partial charge in [-0.15, -0.1) is 0 Å². The van der Waals surface area contributed by atoms with Gasteiger partial charge in [0.1, 0.15) is 0 Å². The molecule has 5 nitrogen and oxygen atoms in total. The van der Waals surface area contributed by atoms with Gasteiger partial charge in [-0.3, -0.25) is 9.10 Å². The van der Waals surface area contributed by atoms with Gasteiger partial charge in [0.2, 0.25) is 10.0 Å². The van der Waals surface area contributed by atoms with Crippen molar-refractivity contribution in [2.45, 2.75) is 40.3 Å². The van der Waals surface area contributed by atoms with E-state index < -0.39 is 10.0 Å². The van der Waals surface area contributed by atoms with Crippen LogP contribution in [0.1, 0.15) is 51.1 Å². The van der Waals surface area contributed by atoms with Crippen molar-refractivity contribution in [3.8, 4) is 0 Å². The third-order valence-electron chi connectivity index (χ3n) is 5.50. The number of carbonyl (C=O) groups excluding carboxylic acids is 1. The van der Waals surface area contributed by atoms with Crippen LogP contribution in [-0.4, -0.2) is 20.6 Å². The molecule has 0 radical (unpaired) electrons. The Kier molecular flexibility index (Phi) is 7.04. The molecule has 0 aliphatic rings. The molecule has 0 aliphatic heterocycles. The summed E-state index contributed by atoms with van der Waals surface area (Å²) in [7, 11) is -3.48. The molecule has 0 saturated heterocycles. The van der Waals surface area contributed by atoms with Crippen LogP contribution < -0.4 is 9.62 Å². The van der Waals surface area contributed by atoms with Crippen LogP contribution >= 0.6 is 0 Å². The number of carbonyl (C=O) groups is 1. The fraction of sp³-hybridized carbons (Fsp3) is 0.269. The van der Waals surface area contributed by atoms with Gasteiger partial charge >= 0.3 is 0 Å². The summed E-state index contributed by atoms with van der Waals surface area (Å²) in [4.78, 5) is 12.7. The molecule has 1 atom stereocenters. The van der Waals surface area contributed by atoms with Crippen molar-refractivity contribution in [1.29, 1.82) is 0 Å². The summed E-state index contributed by atoms with van der Waals surface area (Å²) in [5.41, 5.74) is 6.10. The second-order valence-electron chi connectivity index (χ2n) is 8.36. The number of rotatable bonds is 7. The zero-order chi connectivity index (χ0) is 23.5. The number of amides is 1. The molecule has 3 aromatic carbocycles. The Hall–Kier alpha value is -3.12. The summed E-state index contributed by atoms with van der Waals surface area (Å²) in [5.74, 6) is -0.167. The monoisotopic (exact) mass is 450 g/mol. The van der Waals surface area contributed by atoms with E-state index in [-0.39, 0.29) is 18.5 Å². The normalized spacial score (nSPS) is 12.3. The van der Waals surface area contributed by atoms with Gasteiger partial charge in [-0.2, -0.15) is 0 Å². The number of anilines is 1. The lowest BCUT2D eigenvalue weighted by Crippen LogP contribution is -2.30. The Labute approximate surface area is 191 Å². The lowest BCUT2D eigenvalue weighted by Gasteiger charge is -2.25. The number of sulfonamides is 1. The SMILES string of the molecule is Cc1ccc(C(C)NC(=O)c2ccc(CN(c3cc(C)ccc3C)S(C)(=O)=O)cc2)cc1. The summed E-state index contributed by atoms with van der Waals surface area (Å²) in [6.07, 6.45) is 1.21. The minimum Gasteiger partial charge on any atom is -0.346 e. The molecule has 3 aromatic rings. The van der Waals surface area contributed by atoms with Crippen LogP contribution in [0.15, 0.2) is 66.7 Å². The summed E-state index contributed by atoms with van der Waals surface area (Å²) in [6.45, 7) is 8.01. The Morgan fingerprint density at radius 3 is 2.09 bits per heavy atom. The maximum atomic E-state index is 12.7. The summed E-state index contributed by atoms with van der Waals surface area (Å²) >= 11 is 0. The zero-order valence-electron chi connectivity index (χ0n) is 19.2. The highest BCUT2D eigenvalue weighted by atomic mass is 32.2. The van der Waals surface area contributed by atoms with Crippen molar-refractivity contribution in [3.63, 3.8) is 0 Å². The fourth-order valence-electron chi connectivity index (χ4n) is 3.51. The van der Waals surface area contributed by atoms with Crippen LogP contribution in [0.2, 0.25) is 0 Å². The lowest BCUT2D eigenvalue weighted by molar-refractivity contribution is 0.0940. The van der Waals surface area contributed by atoms with Crippen LogP contribution in [0, 0.1) is 20.8 Å². The van der Waals surface area contributed by atoms with E-state index in [0.29, 0.717) is 11.3 Å². The first-order chi connectivity index (χ1) is 15.0. The second kappa shape index (κ2) is 9.57. The Bertz CT molecular complexity index is 1200. The van der Waals surface area contributed by atoms with E-state index in [9.17, 15) is 13.2 Å². The van der Waals surface area contributed by atoms with Crippen LogP contribution in [0.5, 0.6) is 0 Å². The van der Waals surface area contributed by atoms with Gasteiger partial charge in [0.15, 0.2) is 0 Å². The van der Waals surface area contributed by atoms with Crippen molar-refractivity contribution in [1.82, 2.24) is 5.32 Å². The fourth-order valence-corrected chi connectivity index (χ4v) is 4.45. The molecule has 0 aliphatic carbocycles. The van der Waals surface area contributed by atoms with Crippen LogP contribution in [-0.2, 0) is 16.6 Å². The van der Waals surface area contributed by atoms with Crippen LogP contribution in [0.4, 0.5) is 5.69 Å². The second-order valence-corrected chi connectivity index (χ2v) is 10.3. The largest absolute Gasteiger partial charge is 0.346 e. The highest BCUT2D eigenvalue weighted by Gasteiger charge is 2.20. The van der Waals surface area contributed by atoms with Crippen LogP contribution in [0.25, 0.3) is 0 Å². The average molecular weight is 451 g/mol. The van der Waals surface area contributed by atoms with Crippen molar-refractivity contribution >= 4 is 21.6 Å². The quantitative estimate of drug-likeness (QED) is 0.547. The molecule has 168 valence electrons. The van der Waals surface area contributed by atoms with Gasteiger partial charge in [-0.05, 0) is 68.1 Å². The first kappa shape index (κ1) is 23.5. The number of hydrogen-bond donors (Lipinski definition) is 1. The highest BCUT2D eigenvalue weighted by molar-refractivity contribution is 7.92. The Morgan fingerprint density at radius 1 is 0.906 bits per heavy atom. The number of nitrogens with zero attached hydrogens (tertiary/aromatic N) is 1. The predicted molar refractivity (Wildman–Crippen MR) is 130 cm³/mol. The standard InChI is InChI=1S/C26H30N2O3S/c1-18-7-12-23(13-8-18)21(4)27-26(29)24-14-10-22(11-15-24)17-28(32(5,30)31)25-16-19(2)6-9-20(25)3/h6-16,21H,17H2,1-5H3,(H,27,29). The molecule has 32 heavy (non-hydrogen) atoms. The molecular weight excluding hydrogens is 420 g/mol. The van der Waals surface area contributed by atoms with Crippen molar-refractivity contribution in [2.24, 2.45) is 0 Å². The molecule has 0 heterocycles. The van der Waals surface area contributed by atoms with Crippen molar-refractivity contribution in [2.75, 3.05) is 10.6 Å². The van der Waals surface area contributed by atoms with E-state index in [1.165, 1.54) is 16.1 Å². The van der Waals surface area contributed by atoms with Gasteiger partial charge in [-0.1, -0.05) is 54.1 Å². The first-order valence-electron chi connectivity index (χ1n) is 10.6.